The summed E-state index contributed by atoms with van der Waals surface area (Å²) in [7, 11) is 0. The van der Waals surface area contributed by atoms with Gasteiger partial charge in [0.15, 0.2) is 5.13 Å². The minimum atomic E-state index is 0.523. The summed E-state index contributed by atoms with van der Waals surface area (Å²) in [6.07, 6.45) is 3.79. The maximum absolute atomic E-state index is 5.78. The van der Waals surface area contributed by atoms with Gasteiger partial charge in [0.2, 0.25) is 0 Å². The largest absolute Gasteiger partial charge is 0.342 e. The molecule has 0 aliphatic carbocycles. The van der Waals surface area contributed by atoms with Crippen LogP contribution in [0.3, 0.4) is 0 Å². The van der Waals surface area contributed by atoms with E-state index in [9.17, 15) is 0 Å². The van der Waals surface area contributed by atoms with E-state index in [1.54, 1.807) is 11.3 Å². The summed E-state index contributed by atoms with van der Waals surface area (Å²) < 4.78 is 0. The van der Waals surface area contributed by atoms with Crippen LogP contribution >= 0.6 is 22.9 Å². The van der Waals surface area contributed by atoms with E-state index in [0.717, 1.165) is 10.8 Å². The minimum absolute atomic E-state index is 0.523. The fourth-order valence-electron chi connectivity index (χ4n) is 2.29. The number of thiazole rings is 1. The van der Waals surface area contributed by atoms with Crippen LogP contribution in [0.2, 0.25) is 0 Å². The first-order valence-corrected chi connectivity index (χ1v) is 6.96. The molecule has 0 amide bonds. The average Bonchev–Trinajstić information content (AvgIpc) is 2.83. The molecular weight excluding hydrogens is 228 g/mol. The zero-order chi connectivity index (χ0) is 10.8. The number of halogens is 1. The van der Waals surface area contributed by atoms with Crippen LogP contribution in [0.5, 0.6) is 0 Å². The number of anilines is 1. The topological polar surface area (TPSA) is 16.1 Å². The fraction of sp³-hybridized carbons (Fsp3) is 0.727. The van der Waals surface area contributed by atoms with E-state index in [2.05, 4.69) is 29.1 Å². The molecule has 2 rings (SSSR count). The highest BCUT2D eigenvalue weighted by atomic mass is 35.5. The maximum atomic E-state index is 5.78. The van der Waals surface area contributed by atoms with Gasteiger partial charge < -0.3 is 4.90 Å². The lowest BCUT2D eigenvalue weighted by Crippen LogP contribution is -2.33. The number of rotatable bonds is 3. The Hall–Kier alpha value is -0.280. The van der Waals surface area contributed by atoms with Gasteiger partial charge in [0.1, 0.15) is 0 Å². The van der Waals surface area contributed by atoms with Crippen molar-refractivity contribution in [1.29, 1.82) is 0 Å². The zero-order valence-electron chi connectivity index (χ0n) is 9.24. The highest BCUT2D eigenvalue weighted by Gasteiger charge is 2.31. The van der Waals surface area contributed by atoms with Crippen LogP contribution < -0.4 is 4.90 Å². The van der Waals surface area contributed by atoms with Crippen molar-refractivity contribution < 1.29 is 0 Å². The maximum Gasteiger partial charge on any atom is 0.186 e. The Balaban J connectivity index is 2.20. The molecule has 1 aliphatic heterocycles. The summed E-state index contributed by atoms with van der Waals surface area (Å²) in [6.45, 7) is 4.54. The van der Waals surface area contributed by atoms with E-state index in [1.165, 1.54) is 19.3 Å². The second-order valence-corrected chi connectivity index (χ2v) is 5.25. The van der Waals surface area contributed by atoms with E-state index in [4.69, 9.17) is 11.6 Å². The summed E-state index contributed by atoms with van der Waals surface area (Å²) in [5.74, 6) is 0.523. The Morgan fingerprint density at radius 3 is 3.00 bits per heavy atom. The highest BCUT2D eigenvalue weighted by Crippen LogP contribution is 2.34. The van der Waals surface area contributed by atoms with E-state index in [-0.39, 0.29) is 0 Å². The molecule has 4 heteroatoms. The van der Waals surface area contributed by atoms with Gasteiger partial charge in [-0.3, -0.25) is 0 Å². The predicted octanol–water partition coefficient (Wildman–Crippen LogP) is 3.65. The van der Waals surface area contributed by atoms with Crippen LogP contribution in [-0.4, -0.2) is 17.1 Å². The van der Waals surface area contributed by atoms with Crippen molar-refractivity contribution in [2.45, 2.75) is 51.1 Å². The molecule has 1 fully saturated rings. The predicted molar refractivity (Wildman–Crippen MR) is 66.9 cm³/mol. The third-order valence-electron chi connectivity index (χ3n) is 3.15. The summed E-state index contributed by atoms with van der Waals surface area (Å²) in [6, 6.07) is 1.30. The highest BCUT2D eigenvalue weighted by molar-refractivity contribution is 7.13. The first kappa shape index (κ1) is 11.2. The van der Waals surface area contributed by atoms with Crippen molar-refractivity contribution in [2.24, 2.45) is 0 Å². The van der Waals surface area contributed by atoms with Crippen LogP contribution in [0.15, 0.2) is 5.38 Å². The van der Waals surface area contributed by atoms with Crippen LogP contribution in [0, 0.1) is 0 Å². The Labute approximate surface area is 100 Å². The number of alkyl halides is 1. The van der Waals surface area contributed by atoms with Gasteiger partial charge in [-0.2, -0.15) is 0 Å². The number of aromatic nitrogens is 1. The van der Waals surface area contributed by atoms with Gasteiger partial charge in [-0.05, 0) is 26.2 Å². The summed E-state index contributed by atoms with van der Waals surface area (Å²) in [5, 5.41) is 3.22. The van der Waals surface area contributed by atoms with E-state index < -0.39 is 0 Å². The fourth-order valence-corrected chi connectivity index (χ4v) is 3.52. The summed E-state index contributed by atoms with van der Waals surface area (Å²) >= 11 is 7.50. The van der Waals surface area contributed by atoms with Gasteiger partial charge in [-0.15, -0.1) is 22.9 Å². The molecule has 1 saturated heterocycles. The molecule has 0 aromatic carbocycles. The molecule has 2 unspecified atom stereocenters. The van der Waals surface area contributed by atoms with Crippen LogP contribution in [0.4, 0.5) is 5.13 Å². The van der Waals surface area contributed by atoms with Crippen LogP contribution in [0.25, 0.3) is 0 Å². The van der Waals surface area contributed by atoms with E-state index >= 15 is 0 Å². The molecule has 0 radical (unpaired) electrons. The molecule has 0 bridgehead atoms. The molecule has 2 heterocycles. The minimum Gasteiger partial charge on any atom is -0.342 e. The van der Waals surface area contributed by atoms with E-state index in [0.29, 0.717) is 18.0 Å². The van der Waals surface area contributed by atoms with Gasteiger partial charge in [-0.1, -0.05) is 6.92 Å². The molecule has 2 nitrogen and oxygen atoms in total. The molecule has 1 aromatic rings. The Bertz CT molecular complexity index is 326. The van der Waals surface area contributed by atoms with E-state index in [1.807, 2.05) is 0 Å². The number of hydrogen-bond acceptors (Lipinski definition) is 3. The quantitative estimate of drug-likeness (QED) is 0.755. The molecule has 2 atom stereocenters. The molecule has 15 heavy (non-hydrogen) atoms. The third kappa shape index (κ3) is 2.13. The van der Waals surface area contributed by atoms with Gasteiger partial charge in [0.05, 0.1) is 11.6 Å². The SMILES string of the molecule is CCC1CCC(C)N1c1nc(CCl)cs1. The van der Waals surface area contributed by atoms with Crippen LogP contribution in [0.1, 0.15) is 38.8 Å². The lowest BCUT2D eigenvalue weighted by molar-refractivity contribution is 0.626. The van der Waals surface area contributed by atoms with Gasteiger partial charge in [-0.25, -0.2) is 4.98 Å². The first-order valence-electron chi connectivity index (χ1n) is 5.55. The van der Waals surface area contributed by atoms with Gasteiger partial charge in [0.25, 0.3) is 0 Å². The zero-order valence-corrected chi connectivity index (χ0v) is 10.8. The van der Waals surface area contributed by atoms with Crippen molar-refractivity contribution in [3.8, 4) is 0 Å². The molecule has 84 valence electrons. The second-order valence-electron chi connectivity index (χ2n) is 4.15. The molecule has 0 saturated carbocycles. The lowest BCUT2D eigenvalue weighted by Gasteiger charge is -2.27. The van der Waals surface area contributed by atoms with Gasteiger partial charge >= 0.3 is 0 Å². The standard InChI is InChI=1S/C11H17ClN2S/c1-3-10-5-4-8(2)14(10)11-13-9(6-12)7-15-11/h7-8,10H,3-6H2,1-2H3. The molecule has 0 spiro atoms. The monoisotopic (exact) mass is 244 g/mol. The van der Waals surface area contributed by atoms with Crippen LogP contribution in [-0.2, 0) is 5.88 Å². The Kier molecular flexibility index (Phi) is 3.52. The third-order valence-corrected chi connectivity index (χ3v) is 4.33. The smallest absolute Gasteiger partial charge is 0.186 e. The molecular formula is C11H17ClN2S. The molecule has 1 aliphatic rings. The summed E-state index contributed by atoms with van der Waals surface area (Å²) in [4.78, 5) is 7.04. The van der Waals surface area contributed by atoms with Crippen molar-refractivity contribution in [3.05, 3.63) is 11.1 Å². The Morgan fingerprint density at radius 1 is 1.60 bits per heavy atom. The number of hydrogen-bond donors (Lipinski definition) is 0. The Morgan fingerprint density at radius 2 is 2.40 bits per heavy atom. The van der Waals surface area contributed by atoms with Crippen molar-refractivity contribution >= 4 is 28.1 Å². The lowest BCUT2D eigenvalue weighted by atomic mass is 10.2. The van der Waals surface area contributed by atoms with Crippen molar-refractivity contribution in [1.82, 2.24) is 4.98 Å². The second kappa shape index (κ2) is 4.71. The average molecular weight is 245 g/mol. The van der Waals surface area contributed by atoms with Crippen molar-refractivity contribution in [3.63, 3.8) is 0 Å². The molecule has 1 aromatic heterocycles. The molecule has 0 N–H and O–H groups in total. The normalized spacial score (nSPS) is 26.2. The first-order chi connectivity index (χ1) is 7.26. The number of nitrogens with zero attached hydrogens (tertiary/aromatic N) is 2. The van der Waals surface area contributed by atoms with Gasteiger partial charge in [0, 0.05) is 17.5 Å². The van der Waals surface area contributed by atoms with Crippen molar-refractivity contribution in [2.75, 3.05) is 4.90 Å². The summed E-state index contributed by atoms with van der Waals surface area (Å²) in [5.41, 5.74) is 1.01.